The van der Waals surface area contributed by atoms with E-state index < -0.39 is 0 Å². The van der Waals surface area contributed by atoms with Gasteiger partial charge in [-0.2, -0.15) is 0 Å². The number of rotatable bonds is 9. The first kappa shape index (κ1) is 23.9. The van der Waals surface area contributed by atoms with E-state index in [4.69, 9.17) is 26.7 Å². The summed E-state index contributed by atoms with van der Waals surface area (Å²) in [6, 6.07) is 3.73. The third kappa shape index (κ3) is 5.29. The number of carbonyl (C=O) groups excluding carboxylic acids is 1. The predicted octanol–water partition coefficient (Wildman–Crippen LogP) is 3.22. The van der Waals surface area contributed by atoms with Gasteiger partial charge in [0.2, 0.25) is 0 Å². The minimum Gasteiger partial charge on any atom is -0.382 e. The molecule has 0 radical (unpaired) electrons. The maximum atomic E-state index is 13.4. The van der Waals surface area contributed by atoms with Crippen LogP contribution in [0.4, 0.5) is 5.82 Å². The summed E-state index contributed by atoms with van der Waals surface area (Å²) >= 11 is 6.64. The molecule has 2 fully saturated rings. The van der Waals surface area contributed by atoms with Crippen LogP contribution in [0.5, 0.6) is 0 Å². The van der Waals surface area contributed by atoms with Crippen molar-refractivity contribution in [3.8, 4) is 0 Å². The van der Waals surface area contributed by atoms with Crippen LogP contribution in [0.2, 0.25) is 0 Å². The van der Waals surface area contributed by atoms with Gasteiger partial charge in [0.15, 0.2) is 0 Å². The Morgan fingerprint density at radius 2 is 2.27 bits per heavy atom. The zero-order valence-electron chi connectivity index (χ0n) is 18.8. The Kier molecular flexibility index (Phi) is 7.79. The quantitative estimate of drug-likeness (QED) is 0.327. The van der Waals surface area contributed by atoms with Crippen molar-refractivity contribution in [3.63, 3.8) is 0 Å². The Morgan fingerprint density at radius 1 is 1.42 bits per heavy atom. The van der Waals surface area contributed by atoms with Gasteiger partial charge in [-0.3, -0.25) is 18.9 Å². The molecule has 0 spiro atoms. The smallest absolute Gasteiger partial charge is 0.267 e. The highest BCUT2D eigenvalue weighted by atomic mass is 32.2. The van der Waals surface area contributed by atoms with Gasteiger partial charge >= 0.3 is 0 Å². The van der Waals surface area contributed by atoms with Crippen molar-refractivity contribution in [3.05, 3.63) is 44.7 Å². The Hall–Kier alpha value is -2.27. The molecule has 176 valence electrons. The van der Waals surface area contributed by atoms with Gasteiger partial charge in [-0.25, -0.2) is 4.98 Å². The molecule has 2 saturated heterocycles. The number of hydrogen-bond acceptors (Lipinski definition) is 8. The number of anilines is 1. The van der Waals surface area contributed by atoms with E-state index in [2.05, 4.69) is 5.32 Å². The Balaban J connectivity index is 1.66. The molecular formula is C23H28N4O4S2. The molecule has 1 unspecified atom stereocenters. The molecule has 2 aliphatic heterocycles. The summed E-state index contributed by atoms with van der Waals surface area (Å²) in [6.07, 6.45) is 6.08. The minimum absolute atomic E-state index is 0.0820. The van der Waals surface area contributed by atoms with Crippen molar-refractivity contribution >= 4 is 51.7 Å². The Bertz CT molecular complexity index is 1140. The standard InChI is InChI=1S/C23H28N4O4S2/c1-3-30-11-6-10-27-22(29)18(33-23(27)32)13-17-19(24-14-16-8-5-12-31-16)25-20-15(2)7-4-9-26(20)21(17)28/h4,7,9,13,16,24H,3,5-6,8,10-12,14H2,1-2H3. The molecule has 0 aliphatic carbocycles. The maximum absolute atomic E-state index is 13.4. The summed E-state index contributed by atoms with van der Waals surface area (Å²) in [5.74, 6) is 0.256. The molecule has 0 bridgehead atoms. The fourth-order valence-electron chi connectivity index (χ4n) is 3.89. The normalized spacial score (nSPS) is 19.9. The number of hydrogen-bond donors (Lipinski definition) is 1. The first-order valence-corrected chi connectivity index (χ1v) is 12.4. The first-order chi connectivity index (χ1) is 16.0. The van der Waals surface area contributed by atoms with Gasteiger partial charge in [0.1, 0.15) is 15.8 Å². The number of nitrogens with zero attached hydrogens (tertiary/aromatic N) is 3. The second-order valence-electron chi connectivity index (χ2n) is 7.96. The number of ether oxygens (including phenoxy) is 2. The van der Waals surface area contributed by atoms with E-state index in [1.165, 1.54) is 16.2 Å². The molecule has 2 aliphatic rings. The third-order valence-corrected chi connectivity index (χ3v) is 7.01. The van der Waals surface area contributed by atoms with Crippen molar-refractivity contribution in [2.45, 2.75) is 39.2 Å². The zero-order valence-corrected chi connectivity index (χ0v) is 20.5. The molecule has 10 heteroatoms. The monoisotopic (exact) mass is 488 g/mol. The number of aryl methyl sites for hydroxylation is 1. The number of amides is 1. The molecule has 1 N–H and O–H groups in total. The largest absolute Gasteiger partial charge is 0.382 e. The van der Waals surface area contributed by atoms with E-state index in [9.17, 15) is 9.59 Å². The van der Waals surface area contributed by atoms with Crippen molar-refractivity contribution in [1.82, 2.24) is 14.3 Å². The Labute approximate surface area is 202 Å². The molecule has 4 heterocycles. The van der Waals surface area contributed by atoms with Gasteiger partial charge in [0, 0.05) is 39.1 Å². The lowest BCUT2D eigenvalue weighted by atomic mass is 10.2. The van der Waals surface area contributed by atoms with Crippen LogP contribution in [0.3, 0.4) is 0 Å². The number of thioether (sulfide) groups is 1. The molecule has 33 heavy (non-hydrogen) atoms. The number of nitrogens with one attached hydrogen (secondary N) is 1. The molecule has 1 amide bonds. The van der Waals surface area contributed by atoms with Gasteiger partial charge < -0.3 is 14.8 Å². The molecule has 2 aromatic rings. The number of aromatic nitrogens is 2. The summed E-state index contributed by atoms with van der Waals surface area (Å²) in [4.78, 5) is 33.2. The number of thiocarbonyl (C=S) groups is 1. The second-order valence-corrected chi connectivity index (χ2v) is 9.64. The van der Waals surface area contributed by atoms with E-state index in [1.54, 1.807) is 17.2 Å². The SMILES string of the molecule is CCOCCCN1C(=O)C(=Cc2c(NCC3CCCO3)nc3c(C)cccn3c2=O)SC1=S. The number of fused-ring (bicyclic) bond motifs is 1. The molecule has 8 nitrogen and oxygen atoms in total. The molecule has 0 saturated carbocycles. The van der Waals surface area contributed by atoms with Crippen molar-refractivity contribution in [1.29, 1.82) is 0 Å². The van der Waals surface area contributed by atoms with Crippen molar-refractivity contribution < 1.29 is 14.3 Å². The van der Waals surface area contributed by atoms with E-state index in [-0.39, 0.29) is 17.6 Å². The summed E-state index contributed by atoms with van der Waals surface area (Å²) < 4.78 is 13.1. The summed E-state index contributed by atoms with van der Waals surface area (Å²) in [6.45, 7) is 6.84. The third-order valence-electron chi connectivity index (χ3n) is 5.63. The summed E-state index contributed by atoms with van der Waals surface area (Å²) in [5, 5.41) is 3.30. The topological polar surface area (TPSA) is 85.2 Å². The lowest BCUT2D eigenvalue weighted by molar-refractivity contribution is -0.122. The summed E-state index contributed by atoms with van der Waals surface area (Å²) in [7, 11) is 0. The minimum atomic E-state index is -0.236. The lowest BCUT2D eigenvalue weighted by Gasteiger charge is -2.15. The highest BCUT2D eigenvalue weighted by Gasteiger charge is 2.32. The molecule has 2 aromatic heterocycles. The summed E-state index contributed by atoms with van der Waals surface area (Å²) in [5.41, 5.74) is 1.57. The van der Waals surface area contributed by atoms with Crippen LogP contribution < -0.4 is 10.9 Å². The van der Waals surface area contributed by atoms with Crippen LogP contribution >= 0.6 is 24.0 Å². The van der Waals surface area contributed by atoms with Gasteiger partial charge in [-0.15, -0.1) is 0 Å². The second kappa shape index (κ2) is 10.8. The van der Waals surface area contributed by atoms with Gasteiger partial charge in [0.25, 0.3) is 11.5 Å². The highest BCUT2D eigenvalue weighted by molar-refractivity contribution is 8.26. The fraction of sp³-hybridized carbons (Fsp3) is 0.478. The van der Waals surface area contributed by atoms with Crippen LogP contribution in [0.25, 0.3) is 11.7 Å². The maximum Gasteiger partial charge on any atom is 0.267 e. The first-order valence-electron chi connectivity index (χ1n) is 11.2. The fourth-order valence-corrected chi connectivity index (χ4v) is 5.18. The number of carbonyl (C=O) groups is 1. The molecule has 0 aromatic carbocycles. The predicted molar refractivity (Wildman–Crippen MR) is 135 cm³/mol. The molecule has 1 atom stereocenters. The van der Waals surface area contributed by atoms with Crippen LogP contribution in [0, 0.1) is 6.92 Å². The van der Waals surface area contributed by atoms with Gasteiger partial charge in [0.05, 0.1) is 16.6 Å². The van der Waals surface area contributed by atoms with Crippen LogP contribution in [0.15, 0.2) is 28.0 Å². The van der Waals surface area contributed by atoms with E-state index >= 15 is 0 Å². The average molecular weight is 489 g/mol. The van der Waals surface area contributed by atoms with Crippen molar-refractivity contribution in [2.75, 3.05) is 38.2 Å². The van der Waals surface area contributed by atoms with Crippen LogP contribution in [0.1, 0.15) is 37.3 Å². The van der Waals surface area contributed by atoms with Crippen LogP contribution in [-0.2, 0) is 14.3 Å². The van der Waals surface area contributed by atoms with E-state index in [0.29, 0.717) is 59.0 Å². The average Bonchev–Trinajstić information content (AvgIpc) is 3.41. The van der Waals surface area contributed by atoms with Crippen LogP contribution in [-0.4, -0.2) is 63.5 Å². The number of pyridine rings is 1. The van der Waals surface area contributed by atoms with Crippen molar-refractivity contribution in [2.24, 2.45) is 0 Å². The van der Waals surface area contributed by atoms with Gasteiger partial charge in [-0.1, -0.05) is 30.0 Å². The van der Waals surface area contributed by atoms with E-state index in [0.717, 1.165) is 25.0 Å². The zero-order chi connectivity index (χ0) is 23.4. The molecular weight excluding hydrogens is 460 g/mol. The van der Waals surface area contributed by atoms with E-state index in [1.807, 2.05) is 26.0 Å². The van der Waals surface area contributed by atoms with Gasteiger partial charge in [-0.05, 0) is 50.8 Å². The Morgan fingerprint density at radius 3 is 3.03 bits per heavy atom. The lowest BCUT2D eigenvalue weighted by Crippen LogP contribution is -2.30. The molecule has 4 rings (SSSR count). The highest BCUT2D eigenvalue weighted by Crippen LogP contribution is 2.33.